The number of carbonyl (C=O) groups excluding carboxylic acids is 1. The second kappa shape index (κ2) is 9.07. The maximum absolute atomic E-state index is 12.7. The third kappa shape index (κ3) is 5.05. The minimum atomic E-state index is -4.52. The van der Waals surface area contributed by atoms with Crippen molar-refractivity contribution in [1.29, 1.82) is 0 Å². The van der Waals surface area contributed by atoms with Crippen LogP contribution >= 0.6 is 0 Å². The van der Waals surface area contributed by atoms with Gasteiger partial charge in [-0.25, -0.2) is 0 Å². The molecule has 0 spiro atoms. The number of piperazine rings is 1. The van der Waals surface area contributed by atoms with Crippen molar-refractivity contribution >= 4 is 17.5 Å². The first-order chi connectivity index (χ1) is 14.9. The van der Waals surface area contributed by atoms with Crippen LogP contribution in [0, 0.1) is 0 Å². The van der Waals surface area contributed by atoms with Crippen molar-refractivity contribution < 1.29 is 18.0 Å². The lowest BCUT2D eigenvalue weighted by Crippen LogP contribution is -2.49. The number of alkyl halides is 3. The van der Waals surface area contributed by atoms with Gasteiger partial charge in [0, 0.05) is 45.5 Å². The van der Waals surface area contributed by atoms with Gasteiger partial charge in [-0.3, -0.25) is 9.78 Å². The Bertz CT molecular complexity index is 871. The fourth-order valence-electron chi connectivity index (χ4n) is 3.96. The predicted octanol–water partition coefficient (Wildman–Crippen LogP) is 3.23. The van der Waals surface area contributed by atoms with Crippen LogP contribution in [-0.2, 0) is 6.18 Å². The van der Waals surface area contributed by atoms with E-state index in [1.807, 2.05) is 12.1 Å². The van der Waals surface area contributed by atoms with Crippen molar-refractivity contribution in [3.63, 3.8) is 0 Å². The minimum Gasteiger partial charge on any atom is -0.355 e. The Morgan fingerprint density at radius 1 is 0.774 bits per heavy atom. The van der Waals surface area contributed by atoms with Gasteiger partial charge >= 0.3 is 6.18 Å². The Labute approximate surface area is 178 Å². The summed E-state index contributed by atoms with van der Waals surface area (Å²) in [7, 11) is 0. The first kappa shape index (κ1) is 21.3. The lowest BCUT2D eigenvalue weighted by Gasteiger charge is -2.35. The average Bonchev–Trinajstić information content (AvgIpc) is 3.08. The van der Waals surface area contributed by atoms with E-state index in [0.717, 1.165) is 37.0 Å². The third-order valence-electron chi connectivity index (χ3n) is 5.76. The predicted molar refractivity (Wildman–Crippen MR) is 110 cm³/mol. The minimum absolute atomic E-state index is 0.156. The van der Waals surface area contributed by atoms with E-state index in [2.05, 4.69) is 25.0 Å². The lowest BCUT2D eigenvalue weighted by atomic mass is 10.2. The van der Waals surface area contributed by atoms with Gasteiger partial charge in [0.05, 0.1) is 5.56 Å². The van der Waals surface area contributed by atoms with Gasteiger partial charge in [0.2, 0.25) is 0 Å². The molecule has 2 aliphatic heterocycles. The molecule has 166 valence electrons. The van der Waals surface area contributed by atoms with Gasteiger partial charge in [-0.05, 0) is 37.1 Å². The van der Waals surface area contributed by atoms with Gasteiger partial charge in [0.25, 0.3) is 5.91 Å². The molecule has 0 unspecified atom stereocenters. The zero-order valence-corrected chi connectivity index (χ0v) is 17.2. The highest BCUT2D eigenvalue weighted by Gasteiger charge is 2.32. The highest BCUT2D eigenvalue weighted by atomic mass is 19.4. The summed E-state index contributed by atoms with van der Waals surface area (Å²) in [6.45, 7) is 4.08. The van der Waals surface area contributed by atoms with Gasteiger partial charge in [-0.2, -0.15) is 13.2 Å². The summed E-state index contributed by atoms with van der Waals surface area (Å²) in [4.78, 5) is 21.9. The summed E-state index contributed by atoms with van der Waals surface area (Å²) in [6, 6.07) is 5.98. The number of nitrogens with zero attached hydrogens (tertiary/aromatic N) is 6. The van der Waals surface area contributed by atoms with Crippen LogP contribution < -0.4 is 9.80 Å². The molecule has 4 rings (SSSR count). The van der Waals surface area contributed by atoms with Gasteiger partial charge in [0.15, 0.2) is 11.6 Å². The summed E-state index contributed by atoms with van der Waals surface area (Å²) in [5, 5.41) is 8.79. The molecule has 2 aromatic rings. The van der Waals surface area contributed by atoms with Crippen LogP contribution in [0.5, 0.6) is 0 Å². The highest BCUT2D eigenvalue weighted by molar-refractivity contribution is 5.94. The Hall–Kier alpha value is -2.91. The van der Waals surface area contributed by atoms with E-state index >= 15 is 0 Å². The monoisotopic (exact) mass is 434 g/mol. The molecule has 31 heavy (non-hydrogen) atoms. The molecule has 0 aromatic carbocycles. The summed E-state index contributed by atoms with van der Waals surface area (Å²) >= 11 is 0. The molecule has 7 nitrogen and oxygen atoms in total. The Kier molecular flexibility index (Phi) is 6.24. The zero-order valence-electron chi connectivity index (χ0n) is 17.2. The van der Waals surface area contributed by atoms with E-state index in [0.29, 0.717) is 26.2 Å². The molecule has 0 N–H and O–H groups in total. The molecule has 2 aromatic heterocycles. The molecular weight excluding hydrogens is 409 g/mol. The van der Waals surface area contributed by atoms with Crippen molar-refractivity contribution in [3.8, 4) is 0 Å². The van der Waals surface area contributed by atoms with Crippen LogP contribution in [0.25, 0.3) is 0 Å². The van der Waals surface area contributed by atoms with Crippen LogP contribution in [0.15, 0.2) is 30.5 Å². The van der Waals surface area contributed by atoms with Crippen LogP contribution in [0.2, 0.25) is 0 Å². The largest absolute Gasteiger partial charge is 0.433 e. The summed E-state index contributed by atoms with van der Waals surface area (Å²) in [6.07, 6.45) is 1.34. The molecule has 0 saturated carbocycles. The molecule has 0 aliphatic carbocycles. The summed E-state index contributed by atoms with van der Waals surface area (Å²) < 4.78 is 38.0. The molecule has 10 heteroatoms. The van der Waals surface area contributed by atoms with E-state index in [4.69, 9.17) is 0 Å². The fraction of sp³-hybridized carbons (Fsp3) is 0.524. The van der Waals surface area contributed by atoms with E-state index < -0.39 is 11.9 Å². The number of carbonyl (C=O) groups is 1. The second-order valence-electron chi connectivity index (χ2n) is 7.86. The Balaban J connectivity index is 1.33. The van der Waals surface area contributed by atoms with Gasteiger partial charge in [-0.15, -0.1) is 10.2 Å². The maximum Gasteiger partial charge on any atom is 0.433 e. The number of hydrogen-bond donors (Lipinski definition) is 0. The van der Waals surface area contributed by atoms with Crippen molar-refractivity contribution in [2.75, 3.05) is 49.1 Å². The molecular formula is C21H25F3N6O. The quantitative estimate of drug-likeness (QED) is 0.739. The molecule has 0 atom stereocenters. The van der Waals surface area contributed by atoms with E-state index in [1.54, 1.807) is 4.90 Å². The van der Waals surface area contributed by atoms with E-state index in [9.17, 15) is 18.0 Å². The van der Waals surface area contributed by atoms with Gasteiger partial charge in [-0.1, -0.05) is 12.8 Å². The topological polar surface area (TPSA) is 65.5 Å². The molecule has 0 radical (unpaired) electrons. The molecule has 4 heterocycles. The van der Waals surface area contributed by atoms with Crippen LogP contribution in [0.1, 0.15) is 41.7 Å². The first-order valence-corrected chi connectivity index (χ1v) is 10.6. The van der Waals surface area contributed by atoms with Crippen LogP contribution in [0.4, 0.5) is 24.8 Å². The number of hydrogen-bond acceptors (Lipinski definition) is 6. The lowest BCUT2D eigenvalue weighted by molar-refractivity contribution is -0.141. The Morgan fingerprint density at radius 2 is 1.35 bits per heavy atom. The van der Waals surface area contributed by atoms with Crippen molar-refractivity contribution in [1.82, 2.24) is 20.1 Å². The van der Waals surface area contributed by atoms with E-state index in [1.165, 1.54) is 31.7 Å². The third-order valence-corrected chi connectivity index (χ3v) is 5.76. The standard InChI is InChI=1S/C21H25F3N6O/c22-21(23,24)17-6-5-16(15-25-17)20(31)30-13-11-29(12-14-30)19-8-7-18(26-27-19)28-9-3-1-2-4-10-28/h5-8,15H,1-4,9-14H2. The van der Waals surface area contributed by atoms with Crippen LogP contribution in [-0.4, -0.2) is 65.3 Å². The van der Waals surface area contributed by atoms with Gasteiger partial charge < -0.3 is 14.7 Å². The first-order valence-electron chi connectivity index (χ1n) is 10.6. The van der Waals surface area contributed by atoms with Crippen molar-refractivity contribution in [2.45, 2.75) is 31.9 Å². The smallest absolute Gasteiger partial charge is 0.355 e. The molecule has 2 fully saturated rings. The number of halogens is 3. The molecule has 0 bridgehead atoms. The summed E-state index contributed by atoms with van der Waals surface area (Å²) in [5.74, 6) is 1.35. The van der Waals surface area contributed by atoms with Crippen LogP contribution in [0.3, 0.4) is 0 Å². The van der Waals surface area contributed by atoms with Gasteiger partial charge in [0.1, 0.15) is 5.69 Å². The SMILES string of the molecule is O=C(c1ccc(C(F)(F)F)nc1)N1CCN(c2ccc(N3CCCCCC3)nn2)CC1. The second-order valence-corrected chi connectivity index (χ2v) is 7.86. The molecule has 2 saturated heterocycles. The normalized spacial score (nSPS) is 18.1. The van der Waals surface area contributed by atoms with Crippen molar-refractivity contribution in [2.24, 2.45) is 0 Å². The number of pyridine rings is 1. The Morgan fingerprint density at radius 3 is 1.84 bits per heavy atom. The zero-order chi connectivity index (χ0) is 21.8. The van der Waals surface area contributed by atoms with E-state index in [-0.39, 0.29) is 11.5 Å². The maximum atomic E-state index is 12.7. The van der Waals surface area contributed by atoms with Crippen molar-refractivity contribution in [3.05, 3.63) is 41.7 Å². The number of anilines is 2. The summed E-state index contributed by atoms with van der Waals surface area (Å²) in [5.41, 5.74) is -0.848. The number of aromatic nitrogens is 3. The fourth-order valence-corrected chi connectivity index (χ4v) is 3.96. The number of amides is 1. The molecule has 1 amide bonds. The highest BCUT2D eigenvalue weighted by Crippen LogP contribution is 2.27. The average molecular weight is 434 g/mol. The molecule has 2 aliphatic rings. The number of rotatable bonds is 3.